The third kappa shape index (κ3) is 6.27. The first-order chi connectivity index (χ1) is 15.1. The molecule has 3 aromatic rings. The van der Waals surface area contributed by atoms with Crippen LogP contribution < -0.4 is 4.74 Å². The minimum Gasteiger partial charge on any atom is -0.494 e. The molecule has 1 aliphatic heterocycles. The number of hydrogen-bond donors (Lipinski definition) is 1. The standard InChI is InChI=1S/C25H27ClO3S2/c1-2-28-21-8-5-17(6-9-21)12-19-13-18(7-10-23(19)26)24-15-20(27)14-22(29-24)16-31-25-4-3-11-30-25/h3-11,13,20,22,24,27H,2,12,14-16H2,1H3/t20-,22-,24+/m0/s1. The van der Waals surface area contributed by atoms with Crippen molar-refractivity contribution < 1.29 is 14.6 Å². The summed E-state index contributed by atoms with van der Waals surface area (Å²) in [6.07, 6.45) is 1.61. The van der Waals surface area contributed by atoms with Crippen LogP contribution in [-0.2, 0) is 11.2 Å². The van der Waals surface area contributed by atoms with Crippen LogP contribution in [0.4, 0.5) is 0 Å². The molecule has 1 saturated heterocycles. The van der Waals surface area contributed by atoms with Gasteiger partial charge in [0.1, 0.15) is 5.75 Å². The Morgan fingerprint density at radius 1 is 1.16 bits per heavy atom. The van der Waals surface area contributed by atoms with Crippen molar-refractivity contribution in [3.05, 3.63) is 81.7 Å². The lowest BCUT2D eigenvalue weighted by Crippen LogP contribution is -2.32. The molecule has 1 N–H and O–H groups in total. The van der Waals surface area contributed by atoms with Crippen LogP contribution in [0.2, 0.25) is 5.02 Å². The first-order valence-electron chi connectivity index (χ1n) is 10.6. The summed E-state index contributed by atoms with van der Waals surface area (Å²) in [6, 6.07) is 18.4. The topological polar surface area (TPSA) is 38.7 Å². The summed E-state index contributed by atoms with van der Waals surface area (Å²) in [4.78, 5) is 0. The van der Waals surface area contributed by atoms with Gasteiger partial charge in [0.05, 0.1) is 29.1 Å². The molecule has 2 aromatic carbocycles. The van der Waals surface area contributed by atoms with E-state index in [0.717, 1.165) is 34.1 Å². The van der Waals surface area contributed by atoms with E-state index in [4.69, 9.17) is 21.1 Å². The Balaban J connectivity index is 1.44. The number of halogens is 1. The number of ether oxygens (including phenoxy) is 2. The second-order valence-corrected chi connectivity index (χ2v) is 10.4. The number of thioether (sulfide) groups is 1. The molecule has 0 radical (unpaired) electrons. The van der Waals surface area contributed by atoms with Gasteiger partial charge in [-0.05, 0) is 59.7 Å². The molecular formula is C25H27ClO3S2. The number of rotatable bonds is 8. The van der Waals surface area contributed by atoms with E-state index < -0.39 is 0 Å². The first-order valence-corrected chi connectivity index (χ1v) is 12.8. The maximum Gasteiger partial charge on any atom is 0.119 e. The molecule has 0 spiro atoms. The van der Waals surface area contributed by atoms with E-state index in [-0.39, 0.29) is 18.3 Å². The second-order valence-electron chi connectivity index (χ2n) is 7.72. The molecular weight excluding hydrogens is 448 g/mol. The summed E-state index contributed by atoms with van der Waals surface area (Å²) in [5.74, 6) is 1.72. The molecule has 3 nitrogen and oxygen atoms in total. The molecule has 6 heteroatoms. The van der Waals surface area contributed by atoms with Crippen molar-refractivity contribution in [2.75, 3.05) is 12.4 Å². The fourth-order valence-corrected chi connectivity index (χ4v) is 5.87. The van der Waals surface area contributed by atoms with Crippen molar-refractivity contribution in [2.24, 2.45) is 0 Å². The Morgan fingerprint density at radius 2 is 2.00 bits per heavy atom. The fourth-order valence-electron chi connectivity index (χ4n) is 3.85. The van der Waals surface area contributed by atoms with Crippen molar-refractivity contribution >= 4 is 34.7 Å². The average molecular weight is 475 g/mol. The zero-order chi connectivity index (χ0) is 21.6. The van der Waals surface area contributed by atoms with Crippen LogP contribution in [0.5, 0.6) is 5.75 Å². The van der Waals surface area contributed by atoms with Crippen molar-refractivity contribution in [3.8, 4) is 5.75 Å². The Bertz CT molecular complexity index is 959. The van der Waals surface area contributed by atoms with Crippen molar-refractivity contribution in [2.45, 2.75) is 48.7 Å². The van der Waals surface area contributed by atoms with Crippen LogP contribution in [0, 0.1) is 0 Å². The molecule has 1 aromatic heterocycles. The minimum atomic E-state index is -0.349. The zero-order valence-electron chi connectivity index (χ0n) is 17.5. The number of thiophene rings is 1. The Labute approximate surface area is 197 Å². The van der Waals surface area contributed by atoms with Gasteiger partial charge in [-0.2, -0.15) is 0 Å². The van der Waals surface area contributed by atoms with E-state index in [2.05, 4.69) is 35.7 Å². The Hall–Kier alpha value is -1.50. The number of hydrogen-bond acceptors (Lipinski definition) is 5. The van der Waals surface area contributed by atoms with Crippen LogP contribution in [-0.4, -0.2) is 29.7 Å². The highest BCUT2D eigenvalue weighted by atomic mass is 35.5. The van der Waals surface area contributed by atoms with E-state index in [1.807, 2.05) is 31.2 Å². The van der Waals surface area contributed by atoms with Crippen LogP contribution >= 0.6 is 34.7 Å². The lowest BCUT2D eigenvalue weighted by molar-refractivity contribution is -0.0875. The summed E-state index contributed by atoms with van der Waals surface area (Å²) in [6.45, 7) is 2.64. The molecule has 3 atom stereocenters. The fraction of sp³-hybridized carbons (Fsp3) is 0.360. The molecule has 1 aliphatic rings. The molecule has 0 unspecified atom stereocenters. The van der Waals surface area contributed by atoms with E-state index in [9.17, 15) is 5.11 Å². The van der Waals surface area contributed by atoms with Crippen molar-refractivity contribution in [1.82, 2.24) is 0 Å². The van der Waals surface area contributed by atoms with Gasteiger partial charge in [-0.25, -0.2) is 0 Å². The predicted molar refractivity (Wildman–Crippen MR) is 130 cm³/mol. The van der Waals surface area contributed by atoms with E-state index in [1.165, 1.54) is 9.77 Å². The molecule has 31 heavy (non-hydrogen) atoms. The third-order valence-corrected chi connectivity index (χ3v) is 7.99. The minimum absolute atomic E-state index is 0.0334. The molecule has 1 fully saturated rings. The van der Waals surface area contributed by atoms with E-state index in [1.54, 1.807) is 23.1 Å². The van der Waals surface area contributed by atoms with Gasteiger partial charge in [-0.1, -0.05) is 41.9 Å². The van der Waals surface area contributed by atoms with Gasteiger partial charge in [0, 0.05) is 23.6 Å². The highest BCUT2D eigenvalue weighted by Crippen LogP contribution is 2.36. The lowest BCUT2D eigenvalue weighted by atomic mass is 9.94. The molecule has 2 heterocycles. The Kier molecular flexibility index (Phi) is 7.96. The quantitative estimate of drug-likeness (QED) is 0.366. The maximum absolute atomic E-state index is 10.5. The highest BCUT2D eigenvalue weighted by Gasteiger charge is 2.29. The number of aliphatic hydroxyl groups excluding tert-OH is 1. The summed E-state index contributed by atoms with van der Waals surface area (Å²) < 4.78 is 13.2. The smallest absolute Gasteiger partial charge is 0.119 e. The predicted octanol–water partition coefficient (Wildman–Crippen LogP) is 6.76. The van der Waals surface area contributed by atoms with E-state index in [0.29, 0.717) is 19.4 Å². The SMILES string of the molecule is CCOc1ccc(Cc2cc([C@H]3C[C@@H](O)C[C@@H](CSc4cccs4)O3)ccc2Cl)cc1. The molecule has 0 amide bonds. The summed E-state index contributed by atoms with van der Waals surface area (Å²) in [5, 5.41) is 13.3. The average Bonchev–Trinajstić information content (AvgIpc) is 3.29. The monoisotopic (exact) mass is 474 g/mol. The third-order valence-electron chi connectivity index (χ3n) is 5.35. The molecule has 164 valence electrons. The van der Waals surface area contributed by atoms with Crippen LogP contribution in [0.15, 0.2) is 64.2 Å². The van der Waals surface area contributed by atoms with Gasteiger partial charge in [0.25, 0.3) is 0 Å². The number of aliphatic hydroxyl groups is 1. The normalized spacial score (nSPS) is 21.2. The molecule has 0 bridgehead atoms. The van der Waals surface area contributed by atoms with Crippen LogP contribution in [0.3, 0.4) is 0 Å². The highest BCUT2D eigenvalue weighted by molar-refractivity contribution is 8.01. The largest absolute Gasteiger partial charge is 0.494 e. The molecule has 4 rings (SSSR count). The molecule has 0 saturated carbocycles. The second kappa shape index (κ2) is 10.9. The van der Waals surface area contributed by atoms with Crippen molar-refractivity contribution in [3.63, 3.8) is 0 Å². The van der Waals surface area contributed by atoms with Crippen molar-refractivity contribution in [1.29, 1.82) is 0 Å². The summed E-state index contributed by atoms with van der Waals surface area (Å²) >= 11 is 10.0. The zero-order valence-corrected chi connectivity index (χ0v) is 19.9. The first kappa shape index (κ1) is 22.7. The lowest BCUT2D eigenvalue weighted by Gasteiger charge is -2.33. The van der Waals surface area contributed by atoms with Crippen LogP contribution in [0.1, 0.15) is 42.6 Å². The van der Waals surface area contributed by atoms with Gasteiger partial charge in [-0.3, -0.25) is 0 Å². The molecule has 0 aliphatic carbocycles. The Morgan fingerprint density at radius 3 is 2.74 bits per heavy atom. The summed E-state index contributed by atoms with van der Waals surface area (Å²) in [5.41, 5.74) is 3.32. The van der Waals surface area contributed by atoms with E-state index >= 15 is 0 Å². The maximum atomic E-state index is 10.5. The van der Waals surface area contributed by atoms with Gasteiger partial charge >= 0.3 is 0 Å². The van der Waals surface area contributed by atoms with Gasteiger partial charge < -0.3 is 14.6 Å². The van der Waals surface area contributed by atoms with Gasteiger partial charge in [0.15, 0.2) is 0 Å². The summed E-state index contributed by atoms with van der Waals surface area (Å²) in [7, 11) is 0. The van der Waals surface area contributed by atoms with Gasteiger partial charge in [0.2, 0.25) is 0 Å². The van der Waals surface area contributed by atoms with Crippen LogP contribution in [0.25, 0.3) is 0 Å². The number of benzene rings is 2. The van der Waals surface area contributed by atoms with Gasteiger partial charge in [-0.15, -0.1) is 23.1 Å².